The van der Waals surface area contributed by atoms with Crippen molar-refractivity contribution in [2.75, 3.05) is 10.0 Å². The van der Waals surface area contributed by atoms with Crippen LogP contribution in [0.25, 0.3) is 10.8 Å². The minimum atomic E-state index is -3.71. The normalized spacial score (nSPS) is 12.8. The first-order valence-electron chi connectivity index (χ1n) is 10.1. The molecule has 5 rings (SSSR count). The van der Waals surface area contributed by atoms with Crippen molar-refractivity contribution in [3.05, 3.63) is 95.6 Å². The highest BCUT2D eigenvalue weighted by Gasteiger charge is 2.22. The molecule has 2 N–H and O–H groups in total. The van der Waals surface area contributed by atoms with Gasteiger partial charge < -0.3 is 10.1 Å². The van der Waals surface area contributed by atoms with Gasteiger partial charge in [-0.1, -0.05) is 48.5 Å². The third-order valence-electron chi connectivity index (χ3n) is 5.33. The molecule has 4 aromatic carbocycles. The van der Waals surface area contributed by atoms with E-state index in [0.717, 1.165) is 16.3 Å². The Morgan fingerprint density at radius 1 is 0.906 bits per heavy atom. The maximum Gasteiger partial charge on any atom is 0.259 e. The van der Waals surface area contributed by atoms with Gasteiger partial charge in [0.1, 0.15) is 5.75 Å². The number of carbonyl (C=O) groups is 1. The fraction of sp³-hybridized carbons (Fsp3) is 0.0800. The number of carbonyl (C=O) groups excluding carboxylic acids is 1. The summed E-state index contributed by atoms with van der Waals surface area (Å²) < 4.78 is 34.3. The van der Waals surface area contributed by atoms with Gasteiger partial charge in [0.2, 0.25) is 10.0 Å². The standard InChI is InChI=1S/C25H20N2O4S/c1-16-9-11-24-22(13-16)26-25(28)21-14-19(10-12-23(21)31-24)27-32(29,30)15-18-7-4-6-17-5-2-3-8-20(17)18/h2-14,27H,15H2,1H3,(H,26,28). The summed E-state index contributed by atoms with van der Waals surface area (Å²) in [7, 11) is -3.71. The van der Waals surface area contributed by atoms with Crippen LogP contribution in [0.5, 0.6) is 11.5 Å². The predicted octanol–water partition coefficient (Wildman–Crippen LogP) is 5.45. The average Bonchev–Trinajstić information content (AvgIpc) is 2.89. The summed E-state index contributed by atoms with van der Waals surface area (Å²) in [5.74, 6) is 0.354. The summed E-state index contributed by atoms with van der Waals surface area (Å²) in [5.41, 5.74) is 2.82. The lowest BCUT2D eigenvalue weighted by Gasteiger charge is -2.12. The minimum absolute atomic E-state index is 0.182. The van der Waals surface area contributed by atoms with E-state index in [1.807, 2.05) is 55.5 Å². The molecule has 6 nitrogen and oxygen atoms in total. The van der Waals surface area contributed by atoms with Crippen molar-refractivity contribution in [3.8, 4) is 11.5 Å². The van der Waals surface area contributed by atoms with Gasteiger partial charge in [0, 0.05) is 5.69 Å². The molecule has 0 spiro atoms. The van der Waals surface area contributed by atoms with Crippen LogP contribution in [0.4, 0.5) is 11.4 Å². The number of benzene rings is 4. The summed E-state index contributed by atoms with van der Waals surface area (Å²) in [5, 5.41) is 4.70. The highest BCUT2D eigenvalue weighted by atomic mass is 32.2. The number of sulfonamides is 1. The van der Waals surface area contributed by atoms with Crippen LogP contribution in [-0.4, -0.2) is 14.3 Å². The lowest BCUT2D eigenvalue weighted by Crippen LogP contribution is -2.16. The summed E-state index contributed by atoms with van der Waals surface area (Å²) >= 11 is 0. The van der Waals surface area contributed by atoms with Crippen LogP contribution in [0.15, 0.2) is 78.9 Å². The van der Waals surface area contributed by atoms with Gasteiger partial charge in [0.05, 0.1) is 17.0 Å². The Balaban J connectivity index is 1.42. The van der Waals surface area contributed by atoms with E-state index in [9.17, 15) is 13.2 Å². The predicted molar refractivity (Wildman–Crippen MR) is 126 cm³/mol. The summed E-state index contributed by atoms with van der Waals surface area (Å²) in [6, 6.07) is 23.4. The van der Waals surface area contributed by atoms with Crippen molar-refractivity contribution in [3.63, 3.8) is 0 Å². The lowest BCUT2D eigenvalue weighted by atomic mass is 10.1. The number of nitrogens with one attached hydrogen (secondary N) is 2. The Hall–Kier alpha value is -3.84. The number of anilines is 2. The van der Waals surface area contributed by atoms with Crippen LogP contribution in [-0.2, 0) is 15.8 Å². The average molecular weight is 445 g/mol. The van der Waals surface area contributed by atoms with Crippen LogP contribution >= 0.6 is 0 Å². The van der Waals surface area contributed by atoms with E-state index in [2.05, 4.69) is 10.0 Å². The fourth-order valence-corrected chi connectivity index (χ4v) is 5.06. The largest absolute Gasteiger partial charge is 0.454 e. The zero-order valence-corrected chi connectivity index (χ0v) is 18.1. The molecule has 0 aromatic heterocycles. The van der Waals surface area contributed by atoms with Crippen molar-refractivity contribution in [2.45, 2.75) is 12.7 Å². The van der Waals surface area contributed by atoms with E-state index in [4.69, 9.17) is 4.74 Å². The van der Waals surface area contributed by atoms with E-state index < -0.39 is 10.0 Å². The first kappa shape index (κ1) is 20.1. The molecule has 32 heavy (non-hydrogen) atoms. The number of aryl methyl sites for hydroxylation is 1. The molecule has 1 heterocycles. The summed E-state index contributed by atoms with van der Waals surface area (Å²) in [6.07, 6.45) is 0. The van der Waals surface area contributed by atoms with Gasteiger partial charge in [-0.2, -0.15) is 0 Å². The number of rotatable bonds is 4. The highest BCUT2D eigenvalue weighted by Crippen LogP contribution is 2.37. The monoisotopic (exact) mass is 444 g/mol. The van der Waals surface area contributed by atoms with E-state index in [1.165, 1.54) is 6.07 Å². The van der Waals surface area contributed by atoms with Crippen LogP contribution < -0.4 is 14.8 Å². The minimum Gasteiger partial charge on any atom is -0.454 e. The number of amides is 1. The molecule has 1 aliphatic heterocycles. The Morgan fingerprint density at radius 3 is 2.56 bits per heavy atom. The molecule has 0 aliphatic carbocycles. The third kappa shape index (κ3) is 3.90. The molecular formula is C25H20N2O4S. The number of ether oxygens (including phenoxy) is 1. The quantitative estimate of drug-likeness (QED) is 0.438. The van der Waals surface area contributed by atoms with Crippen LogP contribution in [0.3, 0.4) is 0 Å². The lowest BCUT2D eigenvalue weighted by molar-refractivity contribution is 0.102. The van der Waals surface area contributed by atoms with Gasteiger partial charge in [-0.05, 0) is 59.2 Å². The Bertz CT molecular complexity index is 1470. The summed E-state index contributed by atoms with van der Waals surface area (Å²) in [6.45, 7) is 1.92. The van der Waals surface area contributed by atoms with E-state index in [-0.39, 0.29) is 17.2 Å². The molecule has 0 atom stereocenters. The second-order valence-electron chi connectivity index (χ2n) is 7.77. The Kier molecular flexibility index (Phi) is 4.83. The van der Waals surface area contributed by atoms with Crippen molar-refractivity contribution >= 4 is 38.1 Å². The molecule has 7 heteroatoms. The third-order valence-corrected chi connectivity index (χ3v) is 6.56. The molecule has 0 saturated carbocycles. The molecular weight excluding hydrogens is 424 g/mol. The maximum absolute atomic E-state index is 12.9. The van der Waals surface area contributed by atoms with Crippen molar-refractivity contribution in [2.24, 2.45) is 0 Å². The molecule has 0 unspecified atom stereocenters. The Morgan fingerprint density at radius 2 is 1.69 bits per heavy atom. The van der Waals surface area contributed by atoms with Gasteiger partial charge in [-0.3, -0.25) is 9.52 Å². The maximum atomic E-state index is 12.9. The SMILES string of the molecule is Cc1ccc2c(c1)NC(=O)c1cc(NS(=O)(=O)Cc3cccc4ccccc34)ccc1O2. The van der Waals surface area contributed by atoms with Gasteiger partial charge in [0.15, 0.2) is 5.75 Å². The van der Waals surface area contributed by atoms with Gasteiger partial charge in [-0.25, -0.2) is 8.42 Å². The molecule has 160 valence electrons. The number of hydrogen-bond acceptors (Lipinski definition) is 4. The summed E-state index contributed by atoms with van der Waals surface area (Å²) in [4.78, 5) is 12.8. The van der Waals surface area contributed by atoms with E-state index in [1.54, 1.807) is 24.3 Å². The van der Waals surface area contributed by atoms with E-state index >= 15 is 0 Å². The first-order chi connectivity index (χ1) is 15.4. The van der Waals surface area contributed by atoms with Crippen LogP contribution in [0.2, 0.25) is 0 Å². The molecule has 4 aromatic rings. The van der Waals surface area contributed by atoms with Gasteiger partial charge >= 0.3 is 0 Å². The molecule has 0 bridgehead atoms. The fourth-order valence-electron chi connectivity index (χ4n) is 3.84. The van der Waals surface area contributed by atoms with Crippen LogP contribution in [0.1, 0.15) is 21.5 Å². The molecule has 1 aliphatic rings. The first-order valence-corrected chi connectivity index (χ1v) is 11.7. The molecule has 0 saturated heterocycles. The van der Waals surface area contributed by atoms with Crippen molar-refractivity contribution in [1.29, 1.82) is 0 Å². The number of fused-ring (bicyclic) bond motifs is 3. The zero-order valence-electron chi connectivity index (χ0n) is 17.3. The van der Waals surface area contributed by atoms with Crippen LogP contribution in [0, 0.1) is 6.92 Å². The van der Waals surface area contributed by atoms with Gasteiger partial charge in [-0.15, -0.1) is 0 Å². The topological polar surface area (TPSA) is 84.5 Å². The second-order valence-corrected chi connectivity index (χ2v) is 9.49. The second kappa shape index (κ2) is 7.69. The molecule has 0 radical (unpaired) electrons. The van der Waals surface area contributed by atoms with Gasteiger partial charge in [0.25, 0.3) is 5.91 Å². The Labute approximate surface area is 185 Å². The van der Waals surface area contributed by atoms with Crippen molar-refractivity contribution in [1.82, 2.24) is 0 Å². The zero-order chi connectivity index (χ0) is 22.3. The van der Waals surface area contributed by atoms with E-state index in [0.29, 0.717) is 28.4 Å². The smallest absolute Gasteiger partial charge is 0.259 e. The molecule has 1 amide bonds. The van der Waals surface area contributed by atoms with Crippen molar-refractivity contribution < 1.29 is 17.9 Å². The highest BCUT2D eigenvalue weighted by molar-refractivity contribution is 7.91. The molecule has 0 fully saturated rings. The number of hydrogen-bond donors (Lipinski definition) is 2.